The highest BCUT2D eigenvalue weighted by Gasteiger charge is 2.47. The van der Waals surface area contributed by atoms with Crippen molar-refractivity contribution >= 4 is 11.7 Å². The van der Waals surface area contributed by atoms with Gasteiger partial charge >= 0.3 is 6.18 Å². The maximum atomic E-state index is 13.0. The first kappa shape index (κ1) is 19.3. The number of nitriles is 2. The Labute approximate surface area is 165 Å². The number of hydrogen-bond acceptors (Lipinski definition) is 6. The molecule has 3 saturated heterocycles. The molecule has 3 aliphatic heterocycles. The van der Waals surface area contributed by atoms with Crippen LogP contribution < -0.4 is 10.2 Å². The van der Waals surface area contributed by atoms with Gasteiger partial charge in [0.1, 0.15) is 17.6 Å². The van der Waals surface area contributed by atoms with Crippen LogP contribution in [0.4, 0.5) is 19.0 Å². The van der Waals surface area contributed by atoms with Crippen molar-refractivity contribution < 1.29 is 18.0 Å². The summed E-state index contributed by atoms with van der Waals surface area (Å²) in [6.07, 6.45) is 0.644. The summed E-state index contributed by atoms with van der Waals surface area (Å²) in [6.45, 7) is 0.555. The molecular formula is C19H19F3N6O. The van der Waals surface area contributed by atoms with Gasteiger partial charge in [-0.15, -0.1) is 0 Å². The molecule has 0 aromatic carbocycles. The minimum Gasteiger partial charge on any atom is -0.355 e. The number of hydrogen-bond donors (Lipinski definition) is 1. The Morgan fingerprint density at radius 3 is 2.69 bits per heavy atom. The molecule has 152 valence electrons. The van der Waals surface area contributed by atoms with Crippen molar-refractivity contribution in [2.75, 3.05) is 18.0 Å². The zero-order valence-electron chi connectivity index (χ0n) is 15.5. The molecule has 0 radical (unpaired) electrons. The first-order valence-corrected chi connectivity index (χ1v) is 9.53. The van der Waals surface area contributed by atoms with Crippen molar-refractivity contribution in [2.45, 2.75) is 50.0 Å². The Hall–Kier alpha value is -3.01. The Bertz CT molecular complexity index is 905. The van der Waals surface area contributed by atoms with E-state index in [2.05, 4.69) is 16.5 Å². The standard InChI is InChI=1S/C19H19F3N6O/c20-19(21,22)16-4-1-11(8-23)17(26-16)27-6-5-12(9-27)18(29)25-14-7-13-2-3-15(14)28(13)10-24/h1,4,12-15H,2-3,5-7,9H2,(H,25,29)/t12-,13-,14+,15+/m0/s1. The van der Waals surface area contributed by atoms with Crippen LogP contribution in [-0.2, 0) is 11.0 Å². The summed E-state index contributed by atoms with van der Waals surface area (Å²) in [4.78, 5) is 19.7. The summed E-state index contributed by atoms with van der Waals surface area (Å²) in [5, 5.41) is 21.5. The number of carbonyl (C=O) groups is 1. The molecular weight excluding hydrogens is 385 g/mol. The summed E-state index contributed by atoms with van der Waals surface area (Å²) in [5.41, 5.74) is -1.00. The third-order valence-corrected chi connectivity index (χ3v) is 6.12. The first-order chi connectivity index (χ1) is 13.8. The smallest absolute Gasteiger partial charge is 0.355 e. The van der Waals surface area contributed by atoms with Gasteiger partial charge < -0.3 is 15.1 Å². The fraction of sp³-hybridized carbons (Fsp3) is 0.579. The van der Waals surface area contributed by atoms with Crippen LogP contribution in [0.25, 0.3) is 0 Å². The molecule has 0 saturated carbocycles. The fourth-order valence-electron chi connectivity index (χ4n) is 4.70. The highest BCUT2D eigenvalue weighted by Crippen LogP contribution is 2.37. The van der Waals surface area contributed by atoms with Crippen LogP contribution in [0.2, 0.25) is 0 Å². The molecule has 29 heavy (non-hydrogen) atoms. The average molecular weight is 404 g/mol. The molecule has 1 aromatic heterocycles. The topological polar surface area (TPSA) is 96.0 Å². The van der Waals surface area contributed by atoms with Gasteiger partial charge in [0, 0.05) is 19.1 Å². The number of halogens is 3. The second kappa shape index (κ2) is 7.11. The van der Waals surface area contributed by atoms with Crippen LogP contribution in [0, 0.1) is 28.7 Å². The Kier molecular flexibility index (Phi) is 4.73. The summed E-state index contributed by atoms with van der Waals surface area (Å²) in [6, 6.07) is 3.92. The molecule has 7 nitrogen and oxygen atoms in total. The van der Waals surface area contributed by atoms with Gasteiger partial charge in [-0.3, -0.25) is 4.79 Å². The van der Waals surface area contributed by atoms with E-state index in [1.165, 1.54) is 0 Å². The van der Waals surface area contributed by atoms with E-state index < -0.39 is 17.8 Å². The highest BCUT2D eigenvalue weighted by atomic mass is 19.4. The van der Waals surface area contributed by atoms with E-state index in [-0.39, 0.29) is 42.0 Å². The van der Waals surface area contributed by atoms with E-state index in [0.29, 0.717) is 13.0 Å². The quantitative estimate of drug-likeness (QED) is 0.775. The van der Waals surface area contributed by atoms with Gasteiger partial charge in [0.25, 0.3) is 0 Å². The number of carbonyl (C=O) groups excluding carboxylic acids is 1. The second-order valence-corrected chi connectivity index (χ2v) is 7.77. The van der Waals surface area contributed by atoms with Crippen molar-refractivity contribution in [1.82, 2.24) is 15.2 Å². The van der Waals surface area contributed by atoms with E-state index in [4.69, 9.17) is 0 Å². The molecule has 1 aromatic rings. The number of nitrogens with one attached hydrogen (secondary N) is 1. The molecule has 3 aliphatic rings. The normalized spacial score (nSPS) is 28.3. The SMILES string of the molecule is N#Cc1ccc(C(F)(F)F)nc1N1CC[C@H](C(=O)N[C@@H]2C[C@@H]3CC[C@H]2N3C#N)C1. The van der Waals surface area contributed by atoms with Crippen LogP contribution in [0.1, 0.15) is 36.9 Å². The molecule has 3 fully saturated rings. The lowest BCUT2D eigenvalue weighted by atomic mass is 9.95. The van der Waals surface area contributed by atoms with Gasteiger partial charge in [0.2, 0.25) is 5.91 Å². The molecule has 0 aliphatic carbocycles. The van der Waals surface area contributed by atoms with E-state index in [1.807, 2.05) is 6.07 Å². The van der Waals surface area contributed by atoms with Crippen LogP contribution in [0.5, 0.6) is 0 Å². The zero-order valence-corrected chi connectivity index (χ0v) is 15.5. The number of fused-ring (bicyclic) bond motifs is 2. The van der Waals surface area contributed by atoms with Gasteiger partial charge in [0.05, 0.1) is 23.6 Å². The Balaban J connectivity index is 1.44. The van der Waals surface area contributed by atoms with E-state index >= 15 is 0 Å². The monoisotopic (exact) mass is 404 g/mol. The van der Waals surface area contributed by atoms with Crippen molar-refractivity contribution in [2.24, 2.45) is 5.92 Å². The molecule has 4 rings (SSSR count). The lowest BCUT2D eigenvalue weighted by Gasteiger charge is -2.24. The van der Waals surface area contributed by atoms with Gasteiger partial charge in [-0.05, 0) is 37.8 Å². The molecule has 10 heteroatoms. The van der Waals surface area contributed by atoms with Gasteiger partial charge in [-0.25, -0.2) is 4.98 Å². The minimum absolute atomic E-state index is 0.0294. The molecule has 4 atom stereocenters. The summed E-state index contributed by atoms with van der Waals surface area (Å²) >= 11 is 0. The van der Waals surface area contributed by atoms with Gasteiger partial charge in [-0.1, -0.05) is 0 Å². The predicted octanol–water partition coefficient (Wildman–Crippen LogP) is 2.00. The minimum atomic E-state index is -4.60. The van der Waals surface area contributed by atoms with Crippen LogP contribution in [0.15, 0.2) is 12.1 Å². The van der Waals surface area contributed by atoms with E-state index in [1.54, 1.807) is 9.80 Å². The van der Waals surface area contributed by atoms with Gasteiger partial charge in [0.15, 0.2) is 6.19 Å². The van der Waals surface area contributed by atoms with Gasteiger partial charge in [-0.2, -0.15) is 23.7 Å². The summed E-state index contributed by atoms with van der Waals surface area (Å²) < 4.78 is 39.0. The third-order valence-electron chi connectivity index (χ3n) is 6.12. The Morgan fingerprint density at radius 2 is 2.03 bits per heavy atom. The summed E-state index contributed by atoms with van der Waals surface area (Å²) in [7, 11) is 0. The number of alkyl halides is 3. The first-order valence-electron chi connectivity index (χ1n) is 9.53. The molecule has 0 spiro atoms. The number of pyridine rings is 1. The number of aromatic nitrogens is 1. The van der Waals surface area contributed by atoms with Crippen LogP contribution in [0.3, 0.4) is 0 Å². The summed E-state index contributed by atoms with van der Waals surface area (Å²) in [5.74, 6) is -0.589. The van der Waals surface area contributed by atoms with Crippen molar-refractivity contribution in [3.8, 4) is 12.3 Å². The van der Waals surface area contributed by atoms with Crippen molar-refractivity contribution in [1.29, 1.82) is 10.5 Å². The van der Waals surface area contributed by atoms with E-state index in [9.17, 15) is 28.5 Å². The second-order valence-electron chi connectivity index (χ2n) is 7.77. The zero-order chi connectivity index (χ0) is 20.8. The van der Waals surface area contributed by atoms with Crippen LogP contribution >= 0.6 is 0 Å². The molecule has 1 amide bonds. The number of nitrogens with zero attached hydrogens (tertiary/aromatic N) is 5. The van der Waals surface area contributed by atoms with Crippen molar-refractivity contribution in [3.05, 3.63) is 23.4 Å². The Morgan fingerprint density at radius 1 is 1.24 bits per heavy atom. The average Bonchev–Trinajstić information content (AvgIpc) is 3.40. The highest BCUT2D eigenvalue weighted by molar-refractivity contribution is 5.80. The largest absolute Gasteiger partial charge is 0.433 e. The lowest BCUT2D eigenvalue weighted by Crippen LogP contribution is -2.46. The number of amides is 1. The number of rotatable bonds is 3. The molecule has 2 bridgehead atoms. The van der Waals surface area contributed by atoms with E-state index in [0.717, 1.165) is 31.4 Å². The maximum absolute atomic E-state index is 13.0. The van der Waals surface area contributed by atoms with Crippen molar-refractivity contribution in [3.63, 3.8) is 0 Å². The lowest BCUT2D eigenvalue weighted by molar-refractivity contribution is -0.141. The molecule has 1 N–H and O–H groups in total. The fourth-order valence-corrected chi connectivity index (χ4v) is 4.70. The predicted molar refractivity (Wildman–Crippen MR) is 95.1 cm³/mol. The maximum Gasteiger partial charge on any atom is 0.433 e. The molecule has 4 heterocycles. The number of anilines is 1. The molecule has 0 unspecified atom stereocenters. The third kappa shape index (κ3) is 3.44. The van der Waals surface area contributed by atoms with Crippen LogP contribution in [-0.4, -0.2) is 47.0 Å².